The van der Waals surface area contributed by atoms with Gasteiger partial charge in [-0.1, -0.05) is 48.0 Å². The molecule has 0 aromatic heterocycles. The molecule has 0 aliphatic carbocycles. The van der Waals surface area contributed by atoms with E-state index in [0.717, 1.165) is 0 Å². The standard InChI is InChI=1S/C20H15ClN2O2S/c21-15-9-6-10-16(13-15)25-18-12-5-4-11-17(18)22-20(26)23-19(24)14-7-2-1-3-8-14/h1-13H,(H2,22,23,24,26). The van der Waals surface area contributed by atoms with Crippen LogP contribution >= 0.6 is 23.8 Å². The van der Waals surface area contributed by atoms with Crippen LogP contribution in [-0.2, 0) is 0 Å². The Morgan fingerprint density at radius 3 is 2.42 bits per heavy atom. The average Bonchev–Trinajstić information content (AvgIpc) is 2.64. The number of hydrogen-bond acceptors (Lipinski definition) is 3. The van der Waals surface area contributed by atoms with E-state index in [-0.39, 0.29) is 11.0 Å². The fourth-order valence-electron chi connectivity index (χ4n) is 2.23. The van der Waals surface area contributed by atoms with Crippen LogP contribution in [0.25, 0.3) is 0 Å². The number of hydrogen-bond donors (Lipinski definition) is 2. The summed E-state index contributed by atoms with van der Waals surface area (Å²) in [4.78, 5) is 12.2. The van der Waals surface area contributed by atoms with Gasteiger partial charge in [0.15, 0.2) is 10.9 Å². The van der Waals surface area contributed by atoms with Crippen LogP contribution in [0.4, 0.5) is 5.69 Å². The van der Waals surface area contributed by atoms with Gasteiger partial charge in [-0.2, -0.15) is 0 Å². The van der Waals surface area contributed by atoms with Crippen LogP contribution < -0.4 is 15.4 Å². The number of rotatable bonds is 4. The van der Waals surface area contributed by atoms with Crippen LogP contribution in [0.15, 0.2) is 78.9 Å². The zero-order valence-electron chi connectivity index (χ0n) is 13.6. The number of thiocarbonyl (C=S) groups is 1. The predicted molar refractivity (Wildman–Crippen MR) is 108 cm³/mol. The molecule has 4 nitrogen and oxygen atoms in total. The third kappa shape index (κ3) is 4.81. The van der Waals surface area contributed by atoms with E-state index in [9.17, 15) is 4.79 Å². The molecule has 0 heterocycles. The van der Waals surface area contributed by atoms with Gasteiger partial charge >= 0.3 is 0 Å². The first kappa shape index (κ1) is 17.9. The Kier molecular flexibility index (Phi) is 5.84. The number of benzene rings is 3. The molecule has 0 aliphatic rings. The molecule has 26 heavy (non-hydrogen) atoms. The van der Waals surface area contributed by atoms with Gasteiger partial charge in [0.2, 0.25) is 0 Å². The maximum atomic E-state index is 12.2. The lowest BCUT2D eigenvalue weighted by Crippen LogP contribution is -2.34. The van der Waals surface area contributed by atoms with Crippen molar-refractivity contribution >= 4 is 40.5 Å². The molecule has 130 valence electrons. The van der Waals surface area contributed by atoms with Crippen LogP contribution in [0.3, 0.4) is 0 Å². The Bertz CT molecular complexity index is 932. The minimum absolute atomic E-state index is 0.181. The van der Waals surface area contributed by atoms with Crippen molar-refractivity contribution in [2.45, 2.75) is 0 Å². The number of halogens is 1. The molecule has 0 saturated heterocycles. The summed E-state index contributed by atoms with van der Waals surface area (Å²) in [5.74, 6) is 0.883. The maximum absolute atomic E-state index is 12.2. The van der Waals surface area contributed by atoms with Gasteiger partial charge in [-0.15, -0.1) is 0 Å². The van der Waals surface area contributed by atoms with E-state index in [1.807, 2.05) is 18.2 Å². The third-order valence-corrected chi connectivity index (χ3v) is 3.86. The lowest BCUT2D eigenvalue weighted by Gasteiger charge is -2.14. The van der Waals surface area contributed by atoms with Crippen LogP contribution in [0.1, 0.15) is 10.4 Å². The summed E-state index contributed by atoms with van der Waals surface area (Å²) in [5, 5.41) is 6.40. The Balaban J connectivity index is 1.70. The smallest absolute Gasteiger partial charge is 0.257 e. The van der Waals surface area contributed by atoms with Gasteiger partial charge in [-0.25, -0.2) is 0 Å². The van der Waals surface area contributed by atoms with Gasteiger partial charge in [0.25, 0.3) is 5.91 Å². The highest BCUT2D eigenvalue weighted by Gasteiger charge is 2.10. The maximum Gasteiger partial charge on any atom is 0.257 e. The molecule has 0 spiro atoms. The van der Waals surface area contributed by atoms with E-state index < -0.39 is 0 Å². The molecule has 2 N–H and O–H groups in total. The molecule has 3 aromatic carbocycles. The van der Waals surface area contributed by atoms with E-state index in [1.165, 1.54) is 0 Å². The van der Waals surface area contributed by atoms with Crippen LogP contribution in [0.5, 0.6) is 11.5 Å². The highest BCUT2D eigenvalue weighted by molar-refractivity contribution is 7.80. The van der Waals surface area contributed by atoms with Crippen molar-refractivity contribution < 1.29 is 9.53 Å². The second-order valence-electron chi connectivity index (χ2n) is 5.33. The highest BCUT2D eigenvalue weighted by Crippen LogP contribution is 2.30. The van der Waals surface area contributed by atoms with E-state index in [1.54, 1.807) is 60.7 Å². The molecular weight excluding hydrogens is 368 g/mol. The summed E-state index contributed by atoms with van der Waals surface area (Å²) in [7, 11) is 0. The normalized spacial score (nSPS) is 10.0. The topological polar surface area (TPSA) is 50.4 Å². The van der Waals surface area contributed by atoms with Crippen molar-refractivity contribution in [2.24, 2.45) is 0 Å². The van der Waals surface area contributed by atoms with Gasteiger partial charge in [-0.05, 0) is 54.7 Å². The monoisotopic (exact) mass is 382 g/mol. The van der Waals surface area contributed by atoms with E-state index >= 15 is 0 Å². The number of nitrogens with one attached hydrogen (secondary N) is 2. The molecule has 0 atom stereocenters. The molecule has 0 unspecified atom stereocenters. The summed E-state index contributed by atoms with van der Waals surface area (Å²) >= 11 is 11.2. The van der Waals surface area contributed by atoms with Crippen molar-refractivity contribution in [3.63, 3.8) is 0 Å². The van der Waals surface area contributed by atoms with Gasteiger partial charge in [0.05, 0.1) is 5.69 Å². The second-order valence-corrected chi connectivity index (χ2v) is 6.17. The number of anilines is 1. The van der Waals surface area contributed by atoms with Gasteiger partial charge in [0, 0.05) is 10.6 Å². The Morgan fingerprint density at radius 2 is 1.65 bits per heavy atom. The van der Waals surface area contributed by atoms with Gasteiger partial charge in [0.1, 0.15) is 5.75 Å². The molecule has 6 heteroatoms. The van der Waals surface area contributed by atoms with Crippen LogP contribution in [-0.4, -0.2) is 11.0 Å². The minimum Gasteiger partial charge on any atom is -0.455 e. The first-order chi connectivity index (χ1) is 12.6. The first-order valence-electron chi connectivity index (χ1n) is 7.81. The van der Waals surface area contributed by atoms with Crippen LogP contribution in [0.2, 0.25) is 5.02 Å². The molecule has 0 radical (unpaired) electrons. The van der Waals surface area contributed by atoms with Crippen molar-refractivity contribution in [3.05, 3.63) is 89.4 Å². The minimum atomic E-state index is -0.281. The molecule has 3 rings (SSSR count). The molecule has 0 fully saturated rings. The molecule has 0 aliphatic heterocycles. The zero-order chi connectivity index (χ0) is 18.4. The summed E-state index contributed by atoms with van der Waals surface area (Å²) < 4.78 is 5.86. The average molecular weight is 383 g/mol. The van der Waals surface area contributed by atoms with E-state index in [2.05, 4.69) is 10.6 Å². The Morgan fingerprint density at radius 1 is 0.923 bits per heavy atom. The quantitative estimate of drug-likeness (QED) is 0.604. The summed E-state index contributed by atoms with van der Waals surface area (Å²) in [5.41, 5.74) is 1.16. The number of carbonyl (C=O) groups is 1. The van der Waals surface area contributed by atoms with E-state index in [4.69, 9.17) is 28.6 Å². The Labute approximate surface area is 161 Å². The zero-order valence-corrected chi connectivity index (χ0v) is 15.2. The number of ether oxygens (including phenoxy) is 1. The number of para-hydroxylation sites is 2. The predicted octanol–water partition coefficient (Wildman–Crippen LogP) is 5.26. The molecule has 0 saturated carbocycles. The number of amides is 1. The van der Waals surface area contributed by atoms with Crippen molar-refractivity contribution in [2.75, 3.05) is 5.32 Å². The molecule has 0 bridgehead atoms. The first-order valence-corrected chi connectivity index (χ1v) is 8.60. The Hall–Kier alpha value is -2.89. The third-order valence-electron chi connectivity index (χ3n) is 3.42. The largest absolute Gasteiger partial charge is 0.455 e. The highest BCUT2D eigenvalue weighted by atomic mass is 35.5. The lowest BCUT2D eigenvalue weighted by atomic mass is 10.2. The lowest BCUT2D eigenvalue weighted by molar-refractivity contribution is 0.0977. The second kappa shape index (κ2) is 8.47. The van der Waals surface area contributed by atoms with Gasteiger partial charge < -0.3 is 10.1 Å². The SMILES string of the molecule is O=C(NC(=S)Nc1ccccc1Oc1cccc(Cl)c1)c1ccccc1. The molecule has 3 aromatic rings. The van der Waals surface area contributed by atoms with Gasteiger partial charge in [-0.3, -0.25) is 10.1 Å². The fourth-order valence-corrected chi connectivity index (χ4v) is 2.62. The number of carbonyl (C=O) groups excluding carboxylic acids is 1. The van der Waals surface area contributed by atoms with Crippen molar-refractivity contribution in [1.29, 1.82) is 0 Å². The summed E-state index contributed by atoms with van der Waals surface area (Å²) in [6.07, 6.45) is 0. The fraction of sp³-hybridized carbons (Fsp3) is 0. The van der Waals surface area contributed by atoms with E-state index in [0.29, 0.717) is 27.8 Å². The molecule has 1 amide bonds. The van der Waals surface area contributed by atoms with Crippen molar-refractivity contribution in [1.82, 2.24) is 5.32 Å². The van der Waals surface area contributed by atoms with Crippen LogP contribution in [0, 0.1) is 0 Å². The summed E-state index contributed by atoms with van der Waals surface area (Å²) in [6.45, 7) is 0. The summed E-state index contributed by atoms with van der Waals surface area (Å²) in [6, 6.07) is 23.2. The molecular formula is C20H15ClN2O2S. The van der Waals surface area contributed by atoms with Crippen molar-refractivity contribution in [3.8, 4) is 11.5 Å².